The van der Waals surface area contributed by atoms with Crippen molar-refractivity contribution >= 4 is 17.1 Å². The van der Waals surface area contributed by atoms with Crippen molar-refractivity contribution in [2.24, 2.45) is 0 Å². The lowest BCUT2D eigenvalue weighted by Gasteiger charge is -2.15. The van der Waals surface area contributed by atoms with Gasteiger partial charge >= 0.3 is 0 Å². The summed E-state index contributed by atoms with van der Waals surface area (Å²) in [6.07, 6.45) is 0. The Morgan fingerprint density at radius 2 is 1.65 bits per heavy atom. The Bertz CT molecular complexity index is 533. The van der Waals surface area contributed by atoms with Crippen LogP contribution >= 0.6 is 0 Å². The minimum absolute atomic E-state index is 0.745. The minimum atomic E-state index is 0.745. The summed E-state index contributed by atoms with van der Waals surface area (Å²) in [5, 5.41) is 0. The number of nitrogen functional groups attached to an aromatic ring is 2. The molecule has 0 unspecified atom stereocenters. The molecular formula is C14H17N3. The normalized spacial score (nSPS) is 10.2. The highest BCUT2D eigenvalue weighted by atomic mass is 15.1. The van der Waals surface area contributed by atoms with Gasteiger partial charge in [0.2, 0.25) is 0 Å². The average Bonchev–Trinajstić information content (AvgIpc) is 2.28. The van der Waals surface area contributed by atoms with Gasteiger partial charge in [0.15, 0.2) is 0 Å². The van der Waals surface area contributed by atoms with E-state index in [0.717, 1.165) is 28.2 Å². The number of benzene rings is 2. The molecule has 0 aromatic heterocycles. The van der Waals surface area contributed by atoms with Gasteiger partial charge in [0.05, 0.1) is 0 Å². The number of para-hydroxylation sites is 1. The van der Waals surface area contributed by atoms with Gasteiger partial charge in [-0.05, 0) is 29.8 Å². The molecule has 0 aliphatic carbocycles. The largest absolute Gasteiger partial charge is 0.399 e. The Balaban J connectivity index is 2.56. The highest BCUT2D eigenvalue weighted by Gasteiger charge is 2.05. The van der Waals surface area contributed by atoms with Crippen molar-refractivity contribution in [1.29, 1.82) is 0 Å². The van der Waals surface area contributed by atoms with Crippen LogP contribution in [0.2, 0.25) is 0 Å². The van der Waals surface area contributed by atoms with Crippen LogP contribution in [0.15, 0.2) is 42.5 Å². The SMILES string of the molecule is CN(C)c1cc(N)cc(-c2ccccc2N)c1. The number of nitrogens with two attached hydrogens (primary N) is 2. The number of rotatable bonds is 2. The zero-order valence-electron chi connectivity index (χ0n) is 10.1. The maximum atomic E-state index is 5.97. The van der Waals surface area contributed by atoms with Crippen molar-refractivity contribution < 1.29 is 0 Å². The lowest BCUT2D eigenvalue weighted by Crippen LogP contribution is -2.09. The van der Waals surface area contributed by atoms with Gasteiger partial charge in [0, 0.05) is 36.7 Å². The van der Waals surface area contributed by atoms with Gasteiger partial charge in [-0.15, -0.1) is 0 Å². The van der Waals surface area contributed by atoms with E-state index in [4.69, 9.17) is 11.5 Å². The van der Waals surface area contributed by atoms with E-state index in [1.54, 1.807) is 0 Å². The summed E-state index contributed by atoms with van der Waals surface area (Å²) in [4.78, 5) is 2.03. The van der Waals surface area contributed by atoms with Gasteiger partial charge in [-0.1, -0.05) is 18.2 Å². The van der Waals surface area contributed by atoms with Crippen LogP contribution in [0.5, 0.6) is 0 Å². The Kier molecular flexibility index (Phi) is 2.91. The number of nitrogens with zero attached hydrogens (tertiary/aromatic N) is 1. The molecule has 0 atom stereocenters. The zero-order chi connectivity index (χ0) is 12.4. The third kappa shape index (κ3) is 2.33. The maximum Gasteiger partial charge on any atom is 0.0393 e. The van der Waals surface area contributed by atoms with Gasteiger partial charge in [0.1, 0.15) is 0 Å². The van der Waals surface area contributed by atoms with Gasteiger partial charge in [-0.25, -0.2) is 0 Å². The first kappa shape index (κ1) is 11.3. The molecule has 88 valence electrons. The molecular weight excluding hydrogens is 210 g/mol. The molecule has 2 aromatic rings. The van der Waals surface area contributed by atoms with Crippen molar-refractivity contribution in [2.75, 3.05) is 30.5 Å². The molecule has 0 spiro atoms. The number of anilines is 3. The van der Waals surface area contributed by atoms with Crippen LogP contribution < -0.4 is 16.4 Å². The van der Waals surface area contributed by atoms with Crippen LogP contribution in [0, 0.1) is 0 Å². The van der Waals surface area contributed by atoms with Gasteiger partial charge < -0.3 is 16.4 Å². The fourth-order valence-electron chi connectivity index (χ4n) is 1.81. The van der Waals surface area contributed by atoms with E-state index >= 15 is 0 Å². The van der Waals surface area contributed by atoms with E-state index < -0.39 is 0 Å². The van der Waals surface area contributed by atoms with Crippen LogP contribution in [0.25, 0.3) is 11.1 Å². The molecule has 0 saturated carbocycles. The Morgan fingerprint density at radius 3 is 2.29 bits per heavy atom. The second kappa shape index (κ2) is 4.37. The lowest BCUT2D eigenvalue weighted by atomic mass is 10.0. The molecule has 4 N–H and O–H groups in total. The Morgan fingerprint density at radius 1 is 0.941 bits per heavy atom. The lowest BCUT2D eigenvalue weighted by molar-refractivity contribution is 1.13. The zero-order valence-corrected chi connectivity index (χ0v) is 10.1. The van der Waals surface area contributed by atoms with Crippen LogP contribution in [0.3, 0.4) is 0 Å². The molecule has 0 aliphatic heterocycles. The van der Waals surface area contributed by atoms with E-state index in [2.05, 4.69) is 6.07 Å². The van der Waals surface area contributed by atoms with E-state index in [1.165, 1.54) is 0 Å². The predicted molar refractivity (Wildman–Crippen MR) is 75.0 cm³/mol. The molecule has 0 bridgehead atoms. The van der Waals surface area contributed by atoms with E-state index in [1.807, 2.05) is 55.4 Å². The standard InChI is InChI=1S/C14H17N3/c1-17(2)12-8-10(7-11(15)9-12)13-5-3-4-6-14(13)16/h3-9H,15-16H2,1-2H3. The van der Waals surface area contributed by atoms with E-state index in [-0.39, 0.29) is 0 Å². The summed E-state index contributed by atoms with van der Waals surface area (Å²) in [7, 11) is 3.99. The fourth-order valence-corrected chi connectivity index (χ4v) is 1.81. The molecule has 17 heavy (non-hydrogen) atoms. The highest BCUT2D eigenvalue weighted by Crippen LogP contribution is 2.30. The smallest absolute Gasteiger partial charge is 0.0393 e. The molecule has 2 aromatic carbocycles. The second-order valence-corrected chi connectivity index (χ2v) is 4.29. The summed E-state index contributed by atoms with van der Waals surface area (Å²) < 4.78 is 0. The minimum Gasteiger partial charge on any atom is -0.399 e. The summed E-state index contributed by atoms with van der Waals surface area (Å²) in [6.45, 7) is 0. The molecule has 0 radical (unpaired) electrons. The van der Waals surface area contributed by atoms with Gasteiger partial charge in [-0.2, -0.15) is 0 Å². The first-order valence-electron chi connectivity index (χ1n) is 5.50. The summed E-state index contributed by atoms with van der Waals surface area (Å²) >= 11 is 0. The van der Waals surface area contributed by atoms with Crippen LogP contribution in [0.1, 0.15) is 0 Å². The number of hydrogen-bond donors (Lipinski definition) is 2. The fraction of sp³-hybridized carbons (Fsp3) is 0.143. The van der Waals surface area contributed by atoms with Crippen molar-refractivity contribution in [3.63, 3.8) is 0 Å². The molecule has 2 rings (SSSR count). The molecule has 0 amide bonds. The second-order valence-electron chi connectivity index (χ2n) is 4.29. The third-order valence-corrected chi connectivity index (χ3v) is 2.73. The molecule has 0 saturated heterocycles. The quantitative estimate of drug-likeness (QED) is 0.775. The molecule has 3 nitrogen and oxygen atoms in total. The summed E-state index contributed by atoms with van der Waals surface area (Å²) in [5.74, 6) is 0. The van der Waals surface area contributed by atoms with Crippen LogP contribution in [-0.4, -0.2) is 14.1 Å². The number of hydrogen-bond acceptors (Lipinski definition) is 3. The summed E-state index contributed by atoms with van der Waals surface area (Å²) in [5.41, 5.74) is 16.5. The van der Waals surface area contributed by atoms with Crippen molar-refractivity contribution in [1.82, 2.24) is 0 Å². The first-order chi connectivity index (χ1) is 8.08. The van der Waals surface area contributed by atoms with Crippen molar-refractivity contribution in [3.05, 3.63) is 42.5 Å². The molecule has 0 heterocycles. The van der Waals surface area contributed by atoms with Gasteiger partial charge in [0.25, 0.3) is 0 Å². The molecule has 0 fully saturated rings. The predicted octanol–water partition coefficient (Wildman–Crippen LogP) is 2.58. The van der Waals surface area contributed by atoms with E-state index in [0.29, 0.717) is 0 Å². The van der Waals surface area contributed by atoms with Gasteiger partial charge in [-0.3, -0.25) is 0 Å². The highest BCUT2D eigenvalue weighted by molar-refractivity contribution is 5.80. The van der Waals surface area contributed by atoms with Crippen molar-refractivity contribution in [3.8, 4) is 11.1 Å². The van der Waals surface area contributed by atoms with E-state index in [9.17, 15) is 0 Å². The molecule has 3 heteroatoms. The first-order valence-corrected chi connectivity index (χ1v) is 5.50. The van der Waals surface area contributed by atoms with Crippen LogP contribution in [-0.2, 0) is 0 Å². The Hall–Kier alpha value is -2.16. The topological polar surface area (TPSA) is 55.3 Å². The van der Waals surface area contributed by atoms with Crippen LogP contribution in [0.4, 0.5) is 17.1 Å². The molecule has 0 aliphatic rings. The Labute approximate surface area is 102 Å². The monoisotopic (exact) mass is 227 g/mol. The van der Waals surface area contributed by atoms with Crippen molar-refractivity contribution in [2.45, 2.75) is 0 Å². The average molecular weight is 227 g/mol. The maximum absolute atomic E-state index is 5.97. The third-order valence-electron chi connectivity index (χ3n) is 2.73. The summed E-state index contributed by atoms with van der Waals surface area (Å²) in [6, 6.07) is 13.8.